The molecule has 3 rings (SSSR count). The van der Waals surface area contributed by atoms with Crippen LogP contribution in [0.5, 0.6) is 0 Å². The van der Waals surface area contributed by atoms with Crippen molar-refractivity contribution in [1.82, 2.24) is 10.2 Å². The molecule has 1 N–H and O–H groups in total. The summed E-state index contributed by atoms with van der Waals surface area (Å²) in [6.07, 6.45) is 4.81. The number of nitrogens with zero attached hydrogens (tertiary/aromatic N) is 1. The van der Waals surface area contributed by atoms with Gasteiger partial charge in [-0.15, -0.1) is 11.3 Å². The monoisotopic (exact) mass is 306 g/mol. The molecule has 1 saturated carbocycles. The number of rotatable bonds is 5. The lowest BCUT2D eigenvalue weighted by molar-refractivity contribution is -0.136. The summed E-state index contributed by atoms with van der Waals surface area (Å²) in [5.41, 5.74) is 0. The van der Waals surface area contributed by atoms with Crippen LogP contribution in [0.1, 0.15) is 30.6 Å². The highest BCUT2D eigenvalue weighted by molar-refractivity contribution is 7.09. The molecule has 114 valence electrons. The Morgan fingerprint density at radius 1 is 1.29 bits per heavy atom. The fraction of sp³-hybridized carbons (Fsp3) is 0.625. The molecule has 0 spiro atoms. The first-order chi connectivity index (χ1) is 10.2. The first-order valence-corrected chi connectivity index (χ1v) is 8.71. The van der Waals surface area contributed by atoms with Crippen molar-refractivity contribution in [3.05, 3.63) is 22.4 Å². The second-order valence-electron chi connectivity index (χ2n) is 6.02. The molecule has 0 radical (unpaired) electrons. The predicted octanol–water partition coefficient (Wildman–Crippen LogP) is 2.06. The lowest BCUT2D eigenvalue weighted by atomic mass is 9.96. The van der Waals surface area contributed by atoms with Crippen molar-refractivity contribution in [3.8, 4) is 0 Å². The zero-order valence-corrected chi connectivity index (χ0v) is 13.0. The van der Waals surface area contributed by atoms with Gasteiger partial charge in [-0.3, -0.25) is 9.59 Å². The molecule has 1 aliphatic carbocycles. The highest BCUT2D eigenvalue weighted by atomic mass is 32.1. The number of carbonyl (C=O) groups is 2. The minimum absolute atomic E-state index is 0.0233. The van der Waals surface area contributed by atoms with Gasteiger partial charge >= 0.3 is 0 Å². The van der Waals surface area contributed by atoms with Gasteiger partial charge in [0.05, 0.1) is 5.92 Å². The largest absolute Gasteiger partial charge is 0.355 e. The maximum absolute atomic E-state index is 12.2. The SMILES string of the molecule is O=C(NCCc1cccs1)C1CCCN(C(=O)C2CC2)C1. The lowest BCUT2D eigenvalue weighted by Crippen LogP contribution is -2.46. The van der Waals surface area contributed by atoms with Crippen molar-refractivity contribution in [1.29, 1.82) is 0 Å². The molecule has 1 unspecified atom stereocenters. The normalized spacial score (nSPS) is 22.1. The van der Waals surface area contributed by atoms with Gasteiger partial charge in [0, 0.05) is 30.4 Å². The van der Waals surface area contributed by atoms with Gasteiger partial charge in [0.15, 0.2) is 0 Å². The molecular formula is C16H22N2O2S. The Bertz CT molecular complexity index is 496. The molecule has 2 fully saturated rings. The second-order valence-corrected chi connectivity index (χ2v) is 7.05. The van der Waals surface area contributed by atoms with Gasteiger partial charge in [0.1, 0.15) is 0 Å². The van der Waals surface area contributed by atoms with Crippen LogP contribution in [-0.2, 0) is 16.0 Å². The number of hydrogen-bond acceptors (Lipinski definition) is 3. The first kappa shape index (κ1) is 14.6. The summed E-state index contributed by atoms with van der Waals surface area (Å²) in [5, 5.41) is 5.08. The van der Waals surface area contributed by atoms with Crippen molar-refractivity contribution in [2.75, 3.05) is 19.6 Å². The van der Waals surface area contributed by atoms with Crippen LogP contribution in [0.3, 0.4) is 0 Å². The van der Waals surface area contributed by atoms with E-state index in [9.17, 15) is 9.59 Å². The summed E-state index contributed by atoms with van der Waals surface area (Å²) < 4.78 is 0. The Kier molecular flexibility index (Phi) is 4.58. The van der Waals surface area contributed by atoms with Crippen LogP contribution in [0.4, 0.5) is 0 Å². The van der Waals surface area contributed by atoms with Gasteiger partial charge in [-0.1, -0.05) is 6.07 Å². The van der Waals surface area contributed by atoms with Gasteiger partial charge in [0.2, 0.25) is 11.8 Å². The fourth-order valence-electron chi connectivity index (χ4n) is 2.89. The summed E-state index contributed by atoms with van der Waals surface area (Å²) >= 11 is 1.72. The van der Waals surface area contributed by atoms with E-state index in [2.05, 4.69) is 16.8 Å². The van der Waals surface area contributed by atoms with E-state index in [0.717, 1.165) is 38.6 Å². The van der Waals surface area contributed by atoms with E-state index < -0.39 is 0 Å². The first-order valence-electron chi connectivity index (χ1n) is 7.83. The molecule has 1 aromatic rings. The third-order valence-corrected chi connectivity index (χ3v) is 5.22. The molecule has 2 amide bonds. The van der Waals surface area contributed by atoms with Crippen molar-refractivity contribution in [2.45, 2.75) is 32.1 Å². The average Bonchev–Trinajstić information content (AvgIpc) is 3.24. The van der Waals surface area contributed by atoms with Crippen LogP contribution in [0.2, 0.25) is 0 Å². The highest BCUT2D eigenvalue weighted by Gasteiger charge is 2.36. The number of amides is 2. The van der Waals surface area contributed by atoms with E-state index in [-0.39, 0.29) is 23.7 Å². The Balaban J connectivity index is 1.44. The van der Waals surface area contributed by atoms with Crippen molar-refractivity contribution >= 4 is 23.2 Å². The van der Waals surface area contributed by atoms with Crippen LogP contribution < -0.4 is 5.32 Å². The van der Waals surface area contributed by atoms with E-state index >= 15 is 0 Å². The van der Waals surface area contributed by atoms with Crippen LogP contribution in [-0.4, -0.2) is 36.3 Å². The van der Waals surface area contributed by atoms with Gasteiger partial charge in [-0.05, 0) is 43.6 Å². The minimum atomic E-state index is -0.0233. The third-order valence-electron chi connectivity index (χ3n) is 4.28. The lowest BCUT2D eigenvalue weighted by Gasteiger charge is -2.32. The Morgan fingerprint density at radius 2 is 2.14 bits per heavy atom. The van der Waals surface area contributed by atoms with Gasteiger partial charge in [-0.25, -0.2) is 0 Å². The average molecular weight is 306 g/mol. The summed E-state index contributed by atoms with van der Waals surface area (Å²) in [7, 11) is 0. The minimum Gasteiger partial charge on any atom is -0.355 e. The zero-order chi connectivity index (χ0) is 14.7. The molecule has 1 atom stereocenters. The summed E-state index contributed by atoms with van der Waals surface area (Å²) in [6.45, 7) is 2.13. The van der Waals surface area contributed by atoms with Crippen LogP contribution in [0.25, 0.3) is 0 Å². The number of likely N-dealkylation sites (tertiary alicyclic amines) is 1. The molecule has 4 nitrogen and oxygen atoms in total. The quantitative estimate of drug-likeness (QED) is 0.905. The van der Waals surface area contributed by atoms with Crippen molar-refractivity contribution in [2.24, 2.45) is 11.8 Å². The van der Waals surface area contributed by atoms with E-state index in [4.69, 9.17) is 0 Å². The molecule has 0 aromatic carbocycles. The fourth-order valence-corrected chi connectivity index (χ4v) is 3.60. The van der Waals surface area contributed by atoms with Gasteiger partial charge < -0.3 is 10.2 Å². The van der Waals surface area contributed by atoms with Gasteiger partial charge in [0.25, 0.3) is 0 Å². The number of nitrogens with one attached hydrogen (secondary N) is 1. The molecule has 21 heavy (non-hydrogen) atoms. The number of hydrogen-bond donors (Lipinski definition) is 1. The van der Waals surface area contributed by atoms with E-state index in [0.29, 0.717) is 13.1 Å². The summed E-state index contributed by atoms with van der Waals surface area (Å²) in [5.74, 6) is 0.612. The third kappa shape index (κ3) is 3.84. The predicted molar refractivity (Wildman–Crippen MR) is 83.1 cm³/mol. The maximum Gasteiger partial charge on any atom is 0.225 e. The molecular weight excluding hydrogens is 284 g/mol. The summed E-state index contributed by atoms with van der Waals surface area (Å²) in [6, 6.07) is 4.12. The van der Waals surface area contributed by atoms with Crippen LogP contribution >= 0.6 is 11.3 Å². The smallest absolute Gasteiger partial charge is 0.225 e. The van der Waals surface area contributed by atoms with Gasteiger partial charge in [-0.2, -0.15) is 0 Å². The molecule has 2 aliphatic rings. The molecule has 0 bridgehead atoms. The Hall–Kier alpha value is -1.36. The highest BCUT2D eigenvalue weighted by Crippen LogP contribution is 2.32. The van der Waals surface area contributed by atoms with Crippen LogP contribution in [0, 0.1) is 11.8 Å². The maximum atomic E-state index is 12.2. The second kappa shape index (κ2) is 6.60. The molecule has 5 heteroatoms. The molecule has 1 aliphatic heterocycles. The topological polar surface area (TPSA) is 49.4 Å². The molecule has 1 aromatic heterocycles. The van der Waals surface area contributed by atoms with E-state index in [1.807, 2.05) is 11.0 Å². The number of thiophene rings is 1. The zero-order valence-electron chi connectivity index (χ0n) is 12.2. The number of carbonyl (C=O) groups excluding carboxylic acids is 2. The van der Waals surface area contributed by atoms with Crippen molar-refractivity contribution in [3.63, 3.8) is 0 Å². The van der Waals surface area contributed by atoms with Crippen LogP contribution in [0.15, 0.2) is 17.5 Å². The van der Waals surface area contributed by atoms with E-state index in [1.54, 1.807) is 11.3 Å². The Labute approximate surface area is 129 Å². The Morgan fingerprint density at radius 3 is 2.86 bits per heavy atom. The molecule has 1 saturated heterocycles. The standard InChI is InChI=1S/C16H22N2O2S/c19-15(17-8-7-14-4-2-10-21-14)13-3-1-9-18(11-13)16(20)12-5-6-12/h2,4,10,12-13H,1,3,5-9,11H2,(H,17,19). The summed E-state index contributed by atoms with van der Waals surface area (Å²) in [4.78, 5) is 27.5. The van der Waals surface area contributed by atoms with Crippen molar-refractivity contribution < 1.29 is 9.59 Å². The molecule has 2 heterocycles. The number of piperidine rings is 1. The van der Waals surface area contributed by atoms with E-state index in [1.165, 1.54) is 4.88 Å².